The van der Waals surface area contributed by atoms with E-state index in [1.54, 1.807) is 0 Å². The average molecular weight is 414 g/mol. The van der Waals surface area contributed by atoms with Gasteiger partial charge in [0, 0.05) is 32.7 Å². The van der Waals surface area contributed by atoms with Crippen LogP contribution in [0.5, 0.6) is 0 Å². The maximum atomic E-state index is 12.5. The molecule has 1 amide bonds. The number of nitrogens with zero attached hydrogens (tertiary/aromatic N) is 4. The van der Waals surface area contributed by atoms with E-state index < -0.39 is 27.9 Å². The first-order valence-corrected chi connectivity index (χ1v) is 10.2. The van der Waals surface area contributed by atoms with E-state index in [0.29, 0.717) is 39.3 Å². The number of carbonyl (C=O) groups excluding carboxylic acids is 1. The number of piperazine rings is 1. The first-order chi connectivity index (χ1) is 13.4. The predicted molar refractivity (Wildman–Crippen MR) is 96.1 cm³/mol. The third-order valence-electron chi connectivity index (χ3n) is 4.45. The summed E-state index contributed by atoms with van der Waals surface area (Å²) < 4.78 is 31.7. The van der Waals surface area contributed by atoms with E-state index in [1.165, 1.54) is 21.3 Å². The Morgan fingerprint density at radius 1 is 1.25 bits per heavy atom. The minimum absolute atomic E-state index is 0.0575. The topological polar surface area (TPSA) is 154 Å². The van der Waals surface area contributed by atoms with E-state index in [0.717, 1.165) is 0 Å². The minimum atomic E-state index is -3.74. The van der Waals surface area contributed by atoms with Crippen molar-refractivity contribution in [2.45, 2.75) is 11.1 Å². The zero-order valence-electron chi connectivity index (χ0n) is 15.1. The predicted octanol–water partition coefficient (Wildman–Crippen LogP) is -2.21. The number of carboxylic acid groups (broad SMARTS) is 1. The molecule has 3 N–H and O–H groups in total. The number of amides is 1. The second-order valence-electron chi connectivity index (χ2n) is 6.36. The van der Waals surface area contributed by atoms with Crippen molar-refractivity contribution >= 4 is 27.7 Å². The van der Waals surface area contributed by atoms with E-state index in [4.69, 9.17) is 9.84 Å². The SMILES string of the molecule is O=C(O)CN1CCOC[C@@H]1C(=O)Nc1ccc(S(=O)(=O)N2CCNCC2)nn1. The normalized spacial score (nSPS) is 21.9. The fraction of sp³-hybridized carbons (Fsp3) is 0.600. The van der Waals surface area contributed by atoms with Gasteiger partial charge in [-0.2, -0.15) is 4.31 Å². The van der Waals surface area contributed by atoms with Crippen LogP contribution in [0.3, 0.4) is 0 Å². The molecule has 2 saturated heterocycles. The number of hydrogen-bond donors (Lipinski definition) is 3. The Hall–Kier alpha value is -2.19. The first kappa shape index (κ1) is 20.5. The second kappa shape index (κ2) is 8.87. The van der Waals surface area contributed by atoms with Crippen LogP contribution in [-0.4, -0.2) is 103 Å². The van der Waals surface area contributed by atoms with E-state index in [1.807, 2.05) is 0 Å². The molecule has 154 valence electrons. The Morgan fingerprint density at radius 2 is 2.00 bits per heavy atom. The molecule has 3 rings (SSSR count). The maximum absolute atomic E-state index is 12.5. The molecule has 2 aliphatic rings. The Bertz CT molecular complexity index is 811. The summed E-state index contributed by atoms with van der Waals surface area (Å²) >= 11 is 0. The molecule has 0 unspecified atom stereocenters. The zero-order valence-corrected chi connectivity index (χ0v) is 15.9. The van der Waals surface area contributed by atoms with Crippen molar-refractivity contribution in [3.8, 4) is 0 Å². The Labute approximate surface area is 161 Å². The van der Waals surface area contributed by atoms with Gasteiger partial charge >= 0.3 is 5.97 Å². The van der Waals surface area contributed by atoms with Gasteiger partial charge in [-0.1, -0.05) is 0 Å². The molecule has 1 atom stereocenters. The molecule has 1 aromatic heterocycles. The highest BCUT2D eigenvalue weighted by Gasteiger charge is 2.31. The molecule has 0 spiro atoms. The van der Waals surface area contributed by atoms with Crippen molar-refractivity contribution in [3.63, 3.8) is 0 Å². The lowest BCUT2D eigenvalue weighted by atomic mass is 10.2. The van der Waals surface area contributed by atoms with E-state index in [9.17, 15) is 18.0 Å². The molecular weight excluding hydrogens is 392 g/mol. The lowest BCUT2D eigenvalue weighted by Crippen LogP contribution is -2.53. The standard InChI is InChI=1S/C15H22N6O6S/c22-14(23)9-20-7-8-27-10-11(20)15(24)17-12-1-2-13(19-18-12)28(25,26)21-5-3-16-4-6-21/h1-2,11,16H,3-10H2,(H,22,23)(H,17,18,24)/t11-/m1/s1. The molecule has 2 fully saturated rings. The van der Waals surface area contributed by atoms with Crippen LogP contribution in [0, 0.1) is 0 Å². The van der Waals surface area contributed by atoms with Gasteiger partial charge < -0.3 is 20.5 Å². The highest BCUT2D eigenvalue weighted by atomic mass is 32.2. The van der Waals surface area contributed by atoms with Crippen molar-refractivity contribution in [1.29, 1.82) is 0 Å². The van der Waals surface area contributed by atoms with Gasteiger partial charge in [0.1, 0.15) is 6.04 Å². The van der Waals surface area contributed by atoms with Crippen LogP contribution >= 0.6 is 0 Å². The van der Waals surface area contributed by atoms with Gasteiger partial charge in [0.05, 0.1) is 19.8 Å². The van der Waals surface area contributed by atoms with Crippen LogP contribution in [-0.2, 0) is 24.3 Å². The van der Waals surface area contributed by atoms with Gasteiger partial charge in [-0.05, 0) is 12.1 Å². The fourth-order valence-corrected chi connectivity index (χ4v) is 4.31. The Kier molecular flexibility index (Phi) is 6.51. The second-order valence-corrected chi connectivity index (χ2v) is 8.24. The quantitative estimate of drug-likeness (QED) is 0.467. The molecule has 1 aromatic rings. The van der Waals surface area contributed by atoms with Gasteiger partial charge in [0.15, 0.2) is 10.8 Å². The number of ether oxygens (including phenoxy) is 1. The Morgan fingerprint density at radius 3 is 2.64 bits per heavy atom. The minimum Gasteiger partial charge on any atom is -0.480 e. The molecule has 2 aliphatic heterocycles. The molecule has 3 heterocycles. The number of rotatable bonds is 6. The number of hydrogen-bond acceptors (Lipinski definition) is 9. The Balaban J connectivity index is 1.66. The van der Waals surface area contributed by atoms with Crippen LogP contribution in [0.4, 0.5) is 5.82 Å². The molecule has 13 heteroatoms. The molecule has 0 radical (unpaired) electrons. The zero-order chi connectivity index (χ0) is 20.1. The van der Waals surface area contributed by atoms with Crippen molar-refractivity contribution in [1.82, 2.24) is 24.7 Å². The van der Waals surface area contributed by atoms with E-state index in [-0.39, 0.29) is 24.0 Å². The van der Waals surface area contributed by atoms with Crippen LogP contribution < -0.4 is 10.6 Å². The largest absolute Gasteiger partial charge is 0.480 e. The van der Waals surface area contributed by atoms with Gasteiger partial charge in [-0.15, -0.1) is 10.2 Å². The summed E-state index contributed by atoms with van der Waals surface area (Å²) in [6.45, 7) is 2.27. The molecule has 12 nitrogen and oxygen atoms in total. The summed E-state index contributed by atoms with van der Waals surface area (Å²) in [6, 6.07) is 1.85. The molecule has 0 saturated carbocycles. The number of carbonyl (C=O) groups is 2. The summed E-state index contributed by atoms with van der Waals surface area (Å²) in [5, 5.41) is 21.9. The van der Waals surface area contributed by atoms with Crippen molar-refractivity contribution in [2.24, 2.45) is 0 Å². The summed E-state index contributed by atoms with van der Waals surface area (Å²) in [4.78, 5) is 24.9. The van der Waals surface area contributed by atoms with Crippen LogP contribution in [0.1, 0.15) is 0 Å². The van der Waals surface area contributed by atoms with Crippen molar-refractivity contribution in [2.75, 3.05) is 57.8 Å². The number of nitrogens with one attached hydrogen (secondary N) is 2. The van der Waals surface area contributed by atoms with Crippen LogP contribution in [0.25, 0.3) is 0 Å². The number of aliphatic carboxylic acids is 1. The fourth-order valence-electron chi connectivity index (χ4n) is 2.99. The first-order valence-electron chi connectivity index (χ1n) is 8.77. The third-order valence-corrected chi connectivity index (χ3v) is 6.24. The van der Waals surface area contributed by atoms with Crippen LogP contribution in [0.2, 0.25) is 0 Å². The monoisotopic (exact) mass is 414 g/mol. The van der Waals surface area contributed by atoms with Gasteiger partial charge in [-0.3, -0.25) is 14.5 Å². The highest BCUT2D eigenvalue weighted by Crippen LogP contribution is 2.15. The van der Waals surface area contributed by atoms with Crippen molar-refractivity contribution in [3.05, 3.63) is 12.1 Å². The van der Waals surface area contributed by atoms with Crippen molar-refractivity contribution < 1.29 is 27.9 Å². The third kappa shape index (κ3) is 4.80. The molecular formula is C15H22N6O6S. The highest BCUT2D eigenvalue weighted by molar-refractivity contribution is 7.89. The molecule has 28 heavy (non-hydrogen) atoms. The number of morpholine rings is 1. The molecule has 0 bridgehead atoms. The number of sulfonamides is 1. The summed E-state index contributed by atoms with van der Waals surface area (Å²) in [5.41, 5.74) is 0. The van der Waals surface area contributed by atoms with Crippen LogP contribution in [0.15, 0.2) is 17.2 Å². The number of anilines is 1. The average Bonchev–Trinajstić information content (AvgIpc) is 2.69. The molecule has 0 aromatic carbocycles. The lowest BCUT2D eigenvalue weighted by molar-refractivity contribution is -0.142. The van der Waals surface area contributed by atoms with E-state index >= 15 is 0 Å². The molecule has 0 aliphatic carbocycles. The maximum Gasteiger partial charge on any atom is 0.317 e. The van der Waals surface area contributed by atoms with E-state index in [2.05, 4.69) is 20.8 Å². The van der Waals surface area contributed by atoms with Gasteiger partial charge in [0.25, 0.3) is 10.0 Å². The van der Waals surface area contributed by atoms with Gasteiger partial charge in [-0.25, -0.2) is 8.42 Å². The smallest absolute Gasteiger partial charge is 0.317 e. The summed E-state index contributed by atoms with van der Waals surface area (Å²) in [7, 11) is -3.74. The number of aromatic nitrogens is 2. The summed E-state index contributed by atoms with van der Waals surface area (Å²) in [5.74, 6) is -1.46. The summed E-state index contributed by atoms with van der Waals surface area (Å²) in [6.07, 6.45) is 0. The lowest BCUT2D eigenvalue weighted by Gasteiger charge is -2.33. The van der Waals surface area contributed by atoms with Gasteiger partial charge in [0.2, 0.25) is 5.91 Å². The number of carboxylic acids is 1.